The molecule has 0 nitrogen and oxygen atoms in total. The second kappa shape index (κ2) is 5.61. The second-order valence-corrected chi connectivity index (χ2v) is 4.38. The Morgan fingerprint density at radius 3 is 0.917 bits per heavy atom. The molecule has 0 bridgehead atoms. The molecule has 0 amide bonds. The molecule has 12 heavy (non-hydrogen) atoms. The lowest BCUT2D eigenvalue weighted by atomic mass is 9.71. The Morgan fingerprint density at radius 2 is 0.750 bits per heavy atom. The first-order chi connectivity index (χ1) is 5.61. The zero-order valence-corrected chi connectivity index (χ0v) is 9.72. The molecule has 0 N–H and O–H groups in total. The van der Waals surface area contributed by atoms with Gasteiger partial charge in [0.1, 0.15) is 0 Å². The van der Waals surface area contributed by atoms with Gasteiger partial charge in [0, 0.05) is 0 Å². The van der Waals surface area contributed by atoms with E-state index in [2.05, 4.69) is 27.7 Å². The maximum atomic E-state index is 2.40. The van der Waals surface area contributed by atoms with Crippen molar-refractivity contribution in [2.45, 2.75) is 54.4 Å². The molecule has 0 saturated heterocycles. The van der Waals surface area contributed by atoms with E-state index in [0.29, 0.717) is 0 Å². The molecule has 1 aliphatic carbocycles. The van der Waals surface area contributed by atoms with Crippen molar-refractivity contribution in [2.24, 2.45) is 23.7 Å². The molecule has 1 aliphatic rings. The van der Waals surface area contributed by atoms with Gasteiger partial charge in [-0.15, -0.1) is 0 Å². The van der Waals surface area contributed by atoms with Crippen LogP contribution in [0, 0.1) is 23.7 Å². The van der Waals surface area contributed by atoms with E-state index >= 15 is 0 Å². The molecular weight excluding hydrogens is 144 g/mol. The average Bonchev–Trinajstić information content (AvgIpc) is 2.05. The highest BCUT2D eigenvalue weighted by molar-refractivity contribution is 4.77. The molecule has 0 aromatic carbocycles. The lowest BCUT2D eigenvalue weighted by molar-refractivity contribution is 0.157. The highest BCUT2D eigenvalue weighted by Gasteiger charge is 2.26. The summed E-state index contributed by atoms with van der Waals surface area (Å²) in [6.45, 7) is 13.6. The molecule has 4 atom stereocenters. The molecule has 0 aromatic rings. The molecule has 0 heterocycles. The van der Waals surface area contributed by atoms with E-state index in [1.54, 1.807) is 0 Å². The largest absolute Gasteiger partial charge is 0.0683 e. The Balaban J connectivity index is 0.000000561. The quantitative estimate of drug-likeness (QED) is 0.507. The number of rotatable bonds is 0. The lowest BCUT2D eigenvalue weighted by Crippen LogP contribution is -2.25. The van der Waals surface area contributed by atoms with Crippen molar-refractivity contribution in [3.63, 3.8) is 0 Å². The first-order valence-electron chi connectivity index (χ1n) is 5.61. The van der Waals surface area contributed by atoms with Gasteiger partial charge in [0.25, 0.3) is 0 Å². The third kappa shape index (κ3) is 3.16. The van der Waals surface area contributed by atoms with Crippen molar-refractivity contribution in [3.8, 4) is 0 Å². The van der Waals surface area contributed by atoms with Crippen molar-refractivity contribution in [3.05, 3.63) is 0 Å². The third-order valence-corrected chi connectivity index (χ3v) is 3.43. The van der Waals surface area contributed by atoms with Crippen LogP contribution in [0.4, 0.5) is 0 Å². The maximum absolute atomic E-state index is 2.40. The molecule has 1 saturated carbocycles. The smallest absolute Gasteiger partial charge is 0.0414 e. The first-order valence-corrected chi connectivity index (χ1v) is 5.61. The average molecular weight is 170 g/mol. The van der Waals surface area contributed by atoms with Crippen LogP contribution in [-0.2, 0) is 0 Å². The monoisotopic (exact) mass is 170 g/mol. The van der Waals surface area contributed by atoms with E-state index in [9.17, 15) is 0 Å². The number of hydrogen-bond acceptors (Lipinski definition) is 0. The van der Waals surface area contributed by atoms with Gasteiger partial charge in [-0.1, -0.05) is 41.5 Å². The van der Waals surface area contributed by atoms with Gasteiger partial charge >= 0.3 is 0 Å². The van der Waals surface area contributed by atoms with Crippen LogP contribution < -0.4 is 0 Å². The fraction of sp³-hybridized carbons (Fsp3) is 1.00. The van der Waals surface area contributed by atoms with Crippen LogP contribution in [0.5, 0.6) is 0 Å². The zero-order valence-electron chi connectivity index (χ0n) is 9.72. The van der Waals surface area contributed by atoms with Crippen molar-refractivity contribution in [2.75, 3.05) is 0 Å². The summed E-state index contributed by atoms with van der Waals surface area (Å²) in [5.74, 6) is 3.86. The summed E-state index contributed by atoms with van der Waals surface area (Å²) < 4.78 is 0. The van der Waals surface area contributed by atoms with Crippen molar-refractivity contribution >= 4 is 0 Å². The third-order valence-electron chi connectivity index (χ3n) is 3.43. The standard InChI is InChI=1S/C10H20.C2H6/c1-7-5-9(3)10(4)6-8(7)2;1-2/h7-10H,5-6H2,1-4H3;1-2H3. The van der Waals surface area contributed by atoms with Gasteiger partial charge in [-0.2, -0.15) is 0 Å². The van der Waals surface area contributed by atoms with Crippen LogP contribution in [0.3, 0.4) is 0 Å². The molecule has 0 heteroatoms. The number of hydrogen-bond donors (Lipinski definition) is 0. The predicted octanol–water partition coefficient (Wildman–Crippen LogP) is 4.35. The fourth-order valence-corrected chi connectivity index (χ4v) is 2.10. The van der Waals surface area contributed by atoms with Crippen LogP contribution in [0.15, 0.2) is 0 Å². The Bertz CT molecular complexity index is 80.6. The lowest BCUT2D eigenvalue weighted by Gasteiger charge is -2.35. The molecule has 1 rings (SSSR count). The summed E-state index contributed by atoms with van der Waals surface area (Å²) in [6, 6.07) is 0. The molecule has 0 aliphatic heterocycles. The van der Waals surface area contributed by atoms with E-state index in [-0.39, 0.29) is 0 Å². The Labute approximate surface area is 78.8 Å². The molecule has 0 spiro atoms. The molecular formula is C12H26. The van der Waals surface area contributed by atoms with Crippen LogP contribution in [-0.4, -0.2) is 0 Å². The normalized spacial score (nSPS) is 41.5. The summed E-state index contributed by atoms with van der Waals surface area (Å²) in [5, 5.41) is 0. The van der Waals surface area contributed by atoms with Crippen LogP contribution in [0.1, 0.15) is 54.4 Å². The van der Waals surface area contributed by atoms with Gasteiger partial charge in [-0.05, 0) is 36.5 Å². The Hall–Kier alpha value is 0. The molecule has 0 radical (unpaired) electrons. The van der Waals surface area contributed by atoms with Gasteiger partial charge in [-0.25, -0.2) is 0 Å². The van der Waals surface area contributed by atoms with Gasteiger partial charge in [0.05, 0.1) is 0 Å². The van der Waals surface area contributed by atoms with Gasteiger partial charge < -0.3 is 0 Å². The van der Waals surface area contributed by atoms with E-state index in [1.807, 2.05) is 13.8 Å². The molecule has 0 aromatic heterocycles. The van der Waals surface area contributed by atoms with Crippen LogP contribution >= 0.6 is 0 Å². The molecule has 4 unspecified atom stereocenters. The second-order valence-electron chi connectivity index (χ2n) is 4.38. The minimum absolute atomic E-state index is 0.964. The van der Waals surface area contributed by atoms with E-state index in [0.717, 1.165) is 23.7 Å². The summed E-state index contributed by atoms with van der Waals surface area (Å²) in [7, 11) is 0. The van der Waals surface area contributed by atoms with Crippen molar-refractivity contribution in [1.29, 1.82) is 0 Å². The topological polar surface area (TPSA) is 0 Å². The minimum Gasteiger partial charge on any atom is -0.0683 e. The van der Waals surface area contributed by atoms with E-state index in [4.69, 9.17) is 0 Å². The predicted molar refractivity (Wildman–Crippen MR) is 57.2 cm³/mol. The van der Waals surface area contributed by atoms with Crippen LogP contribution in [0.2, 0.25) is 0 Å². The van der Waals surface area contributed by atoms with E-state index < -0.39 is 0 Å². The first kappa shape index (κ1) is 12.0. The summed E-state index contributed by atoms with van der Waals surface area (Å²) in [4.78, 5) is 0. The summed E-state index contributed by atoms with van der Waals surface area (Å²) >= 11 is 0. The summed E-state index contributed by atoms with van der Waals surface area (Å²) in [5.41, 5.74) is 0. The van der Waals surface area contributed by atoms with Crippen LogP contribution in [0.25, 0.3) is 0 Å². The minimum atomic E-state index is 0.964. The Kier molecular flexibility index (Phi) is 5.61. The zero-order chi connectivity index (χ0) is 9.72. The van der Waals surface area contributed by atoms with Gasteiger partial charge in [0.15, 0.2) is 0 Å². The molecule has 1 fully saturated rings. The van der Waals surface area contributed by atoms with Crippen molar-refractivity contribution in [1.82, 2.24) is 0 Å². The fourth-order valence-electron chi connectivity index (χ4n) is 2.10. The highest BCUT2D eigenvalue weighted by Crippen LogP contribution is 2.36. The maximum Gasteiger partial charge on any atom is -0.0414 e. The van der Waals surface area contributed by atoms with Gasteiger partial charge in [-0.3, -0.25) is 0 Å². The van der Waals surface area contributed by atoms with Crippen molar-refractivity contribution < 1.29 is 0 Å². The highest BCUT2D eigenvalue weighted by atomic mass is 14.3. The van der Waals surface area contributed by atoms with Gasteiger partial charge in [0.2, 0.25) is 0 Å². The Morgan fingerprint density at radius 1 is 0.583 bits per heavy atom. The SMILES string of the molecule is CC.CC1CC(C)C(C)CC1C. The van der Waals surface area contributed by atoms with E-state index in [1.165, 1.54) is 12.8 Å². The molecule has 74 valence electrons. The summed E-state index contributed by atoms with van der Waals surface area (Å²) in [6.07, 6.45) is 2.89.